The minimum Gasteiger partial charge on any atom is -0.334 e. The van der Waals surface area contributed by atoms with Crippen molar-refractivity contribution in [3.8, 4) is 0 Å². The molecule has 0 atom stereocenters. The first kappa shape index (κ1) is 12.6. The van der Waals surface area contributed by atoms with E-state index in [0.717, 1.165) is 30.7 Å². The van der Waals surface area contributed by atoms with Gasteiger partial charge >= 0.3 is 0 Å². The molecule has 3 heteroatoms. The zero-order valence-corrected chi connectivity index (χ0v) is 11.2. The molecule has 0 spiro atoms. The van der Waals surface area contributed by atoms with Crippen LogP contribution in [-0.4, -0.2) is 22.6 Å². The molecule has 1 aromatic rings. The Bertz CT molecular complexity index is 324. The van der Waals surface area contributed by atoms with Crippen LogP contribution in [0.2, 0.25) is 0 Å². The van der Waals surface area contributed by atoms with Crippen molar-refractivity contribution in [2.24, 2.45) is 11.8 Å². The van der Waals surface area contributed by atoms with E-state index in [2.05, 4.69) is 34.9 Å². The highest BCUT2D eigenvalue weighted by atomic mass is 15.1. The van der Waals surface area contributed by atoms with Crippen LogP contribution in [0.15, 0.2) is 12.4 Å². The molecule has 0 radical (unpaired) electrons. The highest BCUT2D eigenvalue weighted by molar-refractivity contribution is 4.88. The average Bonchev–Trinajstić information content (AvgIpc) is 2.73. The van der Waals surface area contributed by atoms with Gasteiger partial charge in [0.15, 0.2) is 0 Å². The Morgan fingerprint density at radius 1 is 1.35 bits per heavy atom. The highest BCUT2D eigenvalue weighted by Gasteiger charge is 2.17. The maximum absolute atomic E-state index is 4.23. The van der Waals surface area contributed by atoms with Gasteiger partial charge in [0.1, 0.15) is 5.82 Å². The quantitative estimate of drug-likeness (QED) is 0.795. The zero-order chi connectivity index (χ0) is 12.1. The summed E-state index contributed by atoms with van der Waals surface area (Å²) in [6, 6.07) is 0. The van der Waals surface area contributed by atoms with E-state index in [9.17, 15) is 0 Å². The Labute approximate surface area is 105 Å². The molecule has 96 valence electrons. The SMILES string of the molecule is Cc1nccn1CCNCC1CCC(C)CC1. The molecule has 1 N–H and O–H groups in total. The smallest absolute Gasteiger partial charge is 0.105 e. The molecule has 1 aliphatic rings. The molecule has 1 aliphatic carbocycles. The number of hydrogen-bond acceptors (Lipinski definition) is 2. The average molecular weight is 235 g/mol. The Morgan fingerprint density at radius 2 is 2.12 bits per heavy atom. The second kappa shape index (κ2) is 6.20. The second-order valence-electron chi connectivity index (χ2n) is 5.50. The topological polar surface area (TPSA) is 29.9 Å². The van der Waals surface area contributed by atoms with Gasteiger partial charge in [0.05, 0.1) is 0 Å². The van der Waals surface area contributed by atoms with E-state index in [-0.39, 0.29) is 0 Å². The number of hydrogen-bond donors (Lipinski definition) is 1. The van der Waals surface area contributed by atoms with E-state index in [1.54, 1.807) is 0 Å². The van der Waals surface area contributed by atoms with Crippen LogP contribution >= 0.6 is 0 Å². The van der Waals surface area contributed by atoms with Crippen molar-refractivity contribution in [1.29, 1.82) is 0 Å². The number of aryl methyl sites for hydroxylation is 1. The molecule has 0 aromatic carbocycles. The van der Waals surface area contributed by atoms with Crippen LogP contribution in [0.1, 0.15) is 38.4 Å². The molecule has 1 heterocycles. The summed E-state index contributed by atoms with van der Waals surface area (Å²) in [5, 5.41) is 3.59. The molecule has 0 amide bonds. The normalized spacial score (nSPS) is 25.1. The standard InChI is InChI=1S/C14H25N3/c1-12-3-5-14(6-4-12)11-15-7-9-17-10-8-16-13(17)2/h8,10,12,14-15H,3-7,9,11H2,1-2H3. The first-order chi connectivity index (χ1) is 8.25. The number of imidazole rings is 1. The molecule has 0 unspecified atom stereocenters. The predicted octanol–water partition coefficient (Wildman–Crippen LogP) is 2.61. The zero-order valence-electron chi connectivity index (χ0n) is 11.2. The molecule has 1 aromatic heterocycles. The Hall–Kier alpha value is -0.830. The van der Waals surface area contributed by atoms with Crippen LogP contribution in [0.25, 0.3) is 0 Å². The molecular formula is C14H25N3. The lowest BCUT2D eigenvalue weighted by Gasteiger charge is -2.26. The van der Waals surface area contributed by atoms with Gasteiger partial charge in [0.2, 0.25) is 0 Å². The number of nitrogens with one attached hydrogen (secondary N) is 1. The minimum absolute atomic E-state index is 0.912. The monoisotopic (exact) mass is 235 g/mol. The van der Waals surface area contributed by atoms with Crippen molar-refractivity contribution in [2.45, 2.75) is 46.1 Å². The van der Waals surface area contributed by atoms with E-state index in [1.807, 2.05) is 6.20 Å². The maximum Gasteiger partial charge on any atom is 0.105 e. The third-order valence-electron chi connectivity index (χ3n) is 4.02. The van der Waals surface area contributed by atoms with Gasteiger partial charge in [-0.15, -0.1) is 0 Å². The summed E-state index contributed by atoms with van der Waals surface area (Å²) in [7, 11) is 0. The lowest BCUT2D eigenvalue weighted by Crippen LogP contribution is -2.28. The van der Waals surface area contributed by atoms with E-state index in [0.29, 0.717) is 0 Å². The third kappa shape index (κ3) is 3.84. The number of nitrogens with zero attached hydrogens (tertiary/aromatic N) is 2. The van der Waals surface area contributed by atoms with Crippen molar-refractivity contribution in [3.63, 3.8) is 0 Å². The van der Waals surface area contributed by atoms with Crippen molar-refractivity contribution in [3.05, 3.63) is 18.2 Å². The fourth-order valence-electron chi connectivity index (χ4n) is 2.68. The van der Waals surface area contributed by atoms with Crippen LogP contribution in [0.5, 0.6) is 0 Å². The van der Waals surface area contributed by atoms with Gasteiger partial charge in [-0.05, 0) is 38.1 Å². The molecular weight excluding hydrogens is 210 g/mol. The molecule has 1 fully saturated rings. The van der Waals surface area contributed by atoms with Crippen LogP contribution in [-0.2, 0) is 6.54 Å². The first-order valence-corrected chi connectivity index (χ1v) is 6.94. The van der Waals surface area contributed by atoms with Crippen molar-refractivity contribution >= 4 is 0 Å². The van der Waals surface area contributed by atoms with Gasteiger partial charge in [-0.25, -0.2) is 4.98 Å². The Balaban J connectivity index is 1.59. The maximum atomic E-state index is 4.23. The van der Waals surface area contributed by atoms with Gasteiger partial charge in [-0.1, -0.05) is 19.8 Å². The van der Waals surface area contributed by atoms with E-state index in [1.165, 1.54) is 32.2 Å². The molecule has 2 rings (SSSR count). The summed E-state index contributed by atoms with van der Waals surface area (Å²) in [5.74, 6) is 2.98. The lowest BCUT2D eigenvalue weighted by atomic mass is 9.83. The fourth-order valence-corrected chi connectivity index (χ4v) is 2.68. The van der Waals surface area contributed by atoms with E-state index < -0.39 is 0 Å². The van der Waals surface area contributed by atoms with Gasteiger partial charge in [0.25, 0.3) is 0 Å². The molecule has 0 bridgehead atoms. The second-order valence-corrected chi connectivity index (χ2v) is 5.50. The molecule has 3 nitrogen and oxygen atoms in total. The van der Waals surface area contributed by atoms with Gasteiger partial charge < -0.3 is 9.88 Å². The summed E-state index contributed by atoms with van der Waals surface area (Å²) in [5.41, 5.74) is 0. The third-order valence-corrected chi connectivity index (χ3v) is 4.02. The highest BCUT2D eigenvalue weighted by Crippen LogP contribution is 2.27. The van der Waals surface area contributed by atoms with E-state index >= 15 is 0 Å². The summed E-state index contributed by atoms with van der Waals surface area (Å²) in [6.45, 7) is 7.73. The Kier molecular flexibility index (Phi) is 4.60. The van der Waals surface area contributed by atoms with E-state index in [4.69, 9.17) is 0 Å². The van der Waals surface area contributed by atoms with Crippen molar-refractivity contribution in [2.75, 3.05) is 13.1 Å². The molecule has 17 heavy (non-hydrogen) atoms. The van der Waals surface area contributed by atoms with Gasteiger partial charge in [-0.3, -0.25) is 0 Å². The summed E-state index contributed by atoms with van der Waals surface area (Å²) in [6.07, 6.45) is 9.60. The first-order valence-electron chi connectivity index (χ1n) is 6.94. The summed E-state index contributed by atoms with van der Waals surface area (Å²) in [4.78, 5) is 4.23. The van der Waals surface area contributed by atoms with Crippen LogP contribution in [0.4, 0.5) is 0 Å². The summed E-state index contributed by atoms with van der Waals surface area (Å²) < 4.78 is 2.20. The van der Waals surface area contributed by atoms with Crippen LogP contribution in [0, 0.1) is 18.8 Å². The van der Waals surface area contributed by atoms with Gasteiger partial charge in [-0.2, -0.15) is 0 Å². The largest absolute Gasteiger partial charge is 0.334 e. The predicted molar refractivity (Wildman–Crippen MR) is 71.0 cm³/mol. The van der Waals surface area contributed by atoms with Crippen LogP contribution < -0.4 is 5.32 Å². The summed E-state index contributed by atoms with van der Waals surface area (Å²) >= 11 is 0. The number of aromatic nitrogens is 2. The lowest BCUT2D eigenvalue weighted by molar-refractivity contribution is 0.281. The van der Waals surface area contributed by atoms with Crippen molar-refractivity contribution in [1.82, 2.24) is 14.9 Å². The fraction of sp³-hybridized carbons (Fsp3) is 0.786. The number of rotatable bonds is 5. The molecule has 1 saturated carbocycles. The Morgan fingerprint density at radius 3 is 2.76 bits per heavy atom. The van der Waals surface area contributed by atoms with Crippen LogP contribution in [0.3, 0.4) is 0 Å². The molecule has 0 saturated heterocycles. The van der Waals surface area contributed by atoms with Crippen molar-refractivity contribution < 1.29 is 0 Å². The molecule has 0 aliphatic heterocycles. The minimum atomic E-state index is 0.912. The van der Waals surface area contributed by atoms with Gasteiger partial charge in [0, 0.05) is 25.5 Å².